The van der Waals surface area contributed by atoms with Crippen LogP contribution in [0.4, 0.5) is 0 Å². The maximum Gasteiger partial charge on any atom is 0.183 e. The van der Waals surface area contributed by atoms with Crippen molar-refractivity contribution in [3.63, 3.8) is 0 Å². The molecule has 0 bridgehead atoms. The number of rotatable bonds is 7. The number of hydrogen-bond acceptors (Lipinski definition) is 5. The number of hydrogen-bond donors (Lipinski definition) is 3. The van der Waals surface area contributed by atoms with Crippen molar-refractivity contribution in [1.82, 2.24) is 20.5 Å². The van der Waals surface area contributed by atoms with Gasteiger partial charge in [-0.05, 0) is 19.9 Å². The zero-order valence-electron chi connectivity index (χ0n) is 10.0. The average Bonchev–Trinajstić information content (AvgIpc) is 2.70. The second kappa shape index (κ2) is 6.22. The van der Waals surface area contributed by atoms with Crippen molar-refractivity contribution in [3.05, 3.63) is 6.33 Å². The lowest BCUT2D eigenvalue weighted by molar-refractivity contribution is 0.168. The summed E-state index contributed by atoms with van der Waals surface area (Å²) in [5.74, 6) is 0. The molecule has 16 heavy (non-hydrogen) atoms. The fraction of sp³-hybridized carbons (Fsp3) is 0.800. The Balaban J connectivity index is 2.45. The van der Waals surface area contributed by atoms with Crippen LogP contribution in [0.5, 0.6) is 0 Å². The highest BCUT2D eigenvalue weighted by Crippen LogP contribution is 2.25. The highest BCUT2D eigenvalue weighted by molar-refractivity contribution is 7.99. The summed E-state index contributed by atoms with van der Waals surface area (Å²) >= 11 is 1.64. The van der Waals surface area contributed by atoms with Crippen molar-refractivity contribution in [2.24, 2.45) is 0 Å². The largest absolute Gasteiger partial charge is 0.394 e. The van der Waals surface area contributed by atoms with Gasteiger partial charge in [0, 0.05) is 10.8 Å². The van der Waals surface area contributed by atoms with E-state index in [0.29, 0.717) is 5.25 Å². The minimum Gasteiger partial charge on any atom is -0.394 e. The molecule has 1 aromatic rings. The number of thioether (sulfide) groups is 1. The molecule has 0 aromatic carbocycles. The summed E-state index contributed by atoms with van der Waals surface area (Å²) in [7, 11) is 0. The van der Waals surface area contributed by atoms with Gasteiger partial charge in [-0.2, -0.15) is 5.10 Å². The molecule has 92 valence electrons. The molecule has 6 heteroatoms. The Morgan fingerprint density at radius 3 is 2.94 bits per heavy atom. The minimum absolute atomic E-state index is 0.141. The third kappa shape index (κ3) is 4.11. The van der Waals surface area contributed by atoms with Gasteiger partial charge in [0.05, 0.1) is 6.61 Å². The smallest absolute Gasteiger partial charge is 0.183 e. The van der Waals surface area contributed by atoms with Gasteiger partial charge in [0.25, 0.3) is 0 Å². The molecular formula is C10H20N4OS. The molecule has 0 fully saturated rings. The predicted molar refractivity (Wildman–Crippen MR) is 65.5 cm³/mol. The Labute approximate surface area is 100 Å². The fourth-order valence-corrected chi connectivity index (χ4v) is 2.78. The normalized spacial score (nSPS) is 17.0. The molecular weight excluding hydrogens is 224 g/mol. The summed E-state index contributed by atoms with van der Waals surface area (Å²) in [6.07, 6.45) is 2.38. The number of likely N-dealkylation sites (N-methyl/N-ethyl adjacent to an activating group) is 1. The highest BCUT2D eigenvalue weighted by Gasteiger charge is 2.25. The van der Waals surface area contributed by atoms with Crippen LogP contribution < -0.4 is 5.32 Å². The molecule has 1 aromatic heterocycles. The lowest BCUT2D eigenvalue weighted by Gasteiger charge is -2.30. The van der Waals surface area contributed by atoms with Crippen molar-refractivity contribution < 1.29 is 5.11 Å². The van der Waals surface area contributed by atoms with Crippen LogP contribution in [0.1, 0.15) is 27.2 Å². The van der Waals surface area contributed by atoms with Gasteiger partial charge in [-0.1, -0.05) is 25.6 Å². The number of aromatic nitrogens is 3. The zero-order valence-corrected chi connectivity index (χ0v) is 10.8. The first-order valence-corrected chi connectivity index (χ1v) is 6.35. The van der Waals surface area contributed by atoms with E-state index < -0.39 is 0 Å². The van der Waals surface area contributed by atoms with E-state index in [2.05, 4.69) is 27.4 Å². The number of aliphatic hydroxyl groups excluding tert-OH is 1. The molecule has 0 amide bonds. The monoisotopic (exact) mass is 244 g/mol. The molecule has 0 aliphatic rings. The third-order valence-corrected chi connectivity index (χ3v) is 3.39. The molecule has 1 heterocycles. The molecule has 0 saturated carbocycles. The molecule has 0 radical (unpaired) electrons. The quantitative estimate of drug-likeness (QED) is 0.625. The van der Waals surface area contributed by atoms with E-state index in [-0.39, 0.29) is 12.1 Å². The van der Waals surface area contributed by atoms with E-state index >= 15 is 0 Å². The van der Waals surface area contributed by atoms with E-state index in [0.717, 1.165) is 18.1 Å². The van der Waals surface area contributed by atoms with Crippen LogP contribution in [0.15, 0.2) is 11.5 Å². The number of nitrogens with one attached hydrogen (secondary N) is 2. The van der Waals surface area contributed by atoms with Crippen LogP contribution in [-0.2, 0) is 0 Å². The Morgan fingerprint density at radius 1 is 1.69 bits per heavy atom. The van der Waals surface area contributed by atoms with Crippen LogP contribution in [0.2, 0.25) is 0 Å². The number of aliphatic hydroxyl groups is 1. The lowest BCUT2D eigenvalue weighted by atomic mass is 9.97. The molecule has 3 N–H and O–H groups in total. The van der Waals surface area contributed by atoms with Gasteiger partial charge in [0.2, 0.25) is 0 Å². The predicted octanol–water partition coefficient (Wildman–Crippen LogP) is 1.04. The van der Waals surface area contributed by atoms with Crippen LogP contribution in [0.25, 0.3) is 0 Å². The molecule has 0 aliphatic carbocycles. The molecule has 0 spiro atoms. The average molecular weight is 244 g/mol. The van der Waals surface area contributed by atoms with E-state index in [9.17, 15) is 5.11 Å². The Hall–Kier alpha value is -0.590. The highest BCUT2D eigenvalue weighted by atomic mass is 32.2. The topological polar surface area (TPSA) is 73.8 Å². The Kier molecular flexibility index (Phi) is 5.24. The van der Waals surface area contributed by atoms with Crippen molar-refractivity contribution in [2.75, 3.05) is 13.2 Å². The van der Waals surface area contributed by atoms with Crippen LogP contribution in [-0.4, -0.2) is 44.2 Å². The summed E-state index contributed by atoms with van der Waals surface area (Å²) in [4.78, 5) is 4.07. The van der Waals surface area contributed by atoms with Crippen molar-refractivity contribution in [1.29, 1.82) is 0 Å². The first-order chi connectivity index (χ1) is 7.59. The molecule has 0 saturated heterocycles. The van der Waals surface area contributed by atoms with Gasteiger partial charge in [-0.25, -0.2) is 4.98 Å². The second-order valence-corrected chi connectivity index (χ2v) is 5.60. The molecule has 5 nitrogen and oxygen atoms in total. The molecule has 2 unspecified atom stereocenters. The summed E-state index contributed by atoms with van der Waals surface area (Å²) in [6, 6.07) is 0. The summed E-state index contributed by atoms with van der Waals surface area (Å²) in [6.45, 7) is 7.20. The van der Waals surface area contributed by atoms with Crippen molar-refractivity contribution in [3.8, 4) is 0 Å². The van der Waals surface area contributed by atoms with E-state index in [1.807, 2.05) is 13.8 Å². The first kappa shape index (κ1) is 13.5. The van der Waals surface area contributed by atoms with Gasteiger partial charge in [0.15, 0.2) is 5.16 Å². The number of nitrogens with zero attached hydrogens (tertiary/aromatic N) is 2. The number of aromatic amines is 1. The van der Waals surface area contributed by atoms with Gasteiger partial charge in [-0.15, -0.1) is 0 Å². The van der Waals surface area contributed by atoms with Crippen molar-refractivity contribution >= 4 is 11.8 Å². The van der Waals surface area contributed by atoms with Gasteiger partial charge in [-0.3, -0.25) is 5.10 Å². The second-order valence-electron chi connectivity index (χ2n) is 4.17. The molecule has 0 aliphatic heterocycles. The first-order valence-electron chi connectivity index (χ1n) is 5.47. The van der Waals surface area contributed by atoms with Crippen molar-refractivity contribution in [2.45, 2.75) is 43.1 Å². The van der Waals surface area contributed by atoms with E-state index in [1.165, 1.54) is 6.33 Å². The van der Waals surface area contributed by atoms with Gasteiger partial charge < -0.3 is 10.4 Å². The summed E-state index contributed by atoms with van der Waals surface area (Å²) < 4.78 is 0. The van der Waals surface area contributed by atoms with Gasteiger partial charge in [0.1, 0.15) is 6.33 Å². The lowest BCUT2D eigenvalue weighted by Crippen LogP contribution is -2.47. The van der Waals surface area contributed by atoms with Crippen LogP contribution >= 0.6 is 11.8 Å². The fourth-order valence-electron chi connectivity index (χ4n) is 1.74. The standard InChI is InChI=1S/C10H20N4OS/c1-4-12-10(3,6-15)5-8(2)16-9-11-7-13-14-9/h7-8,12,15H,4-6H2,1-3H3,(H,11,13,14). The van der Waals surface area contributed by atoms with E-state index in [1.54, 1.807) is 11.8 Å². The number of H-pyrrole nitrogens is 1. The maximum atomic E-state index is 9.38. The maximum absolute atomic E-state index is 9.38. The third-order valence-electron chi connectivity index (χ3n) is 2.40. The van der Waals surface area contributed by atoms with Crippen LogP contribution in [0.3, 0.4) is 0 Å². The Morgan fingerprint density at radius 2 is 2.44 bits per heavy atom. The SMILES string of the molecule is CCNC(C)(CO)CC(C)Sc1ncn[nH]1. The molecule has 1 rings (SSSR count). The minimum atomic E-state index is -0.221. The van der Waals surface area contributed by atoms with Crippen LogP contribution in [0, 0.1) is 0 Å². The zero-order chi connectivity index (χ0) is 12.0. The summed E-state index contributed by atoms with van der Waals surface area (Å²) in [5.41, 5.74) is -0.221. The summed E-state index contributed by atoms with van der Waals surface area (Å²) in [5, 5.41) is 20.5. The molecule has 2 atom stereocenters. The Bertz CT molecular complexity index is 293. The van der Waals surface area contributed by atoms with Gasteiger partial charge >= 0.3 is 0 Å². The van der Waals surface area contributed by atoms with E-state index in [4.69, 9.17) is 0 Å².